The number of amides is 2. The standard InChI is InChI=1S/C23H31F2N3O4/c1-2-31-21(29)27-10-5-18(6-11-27)26-12-7-23(8-13-26)16-28(22(30)32-14-9-24)20-4-3-17(25)15-19(20)23/h3-4,15,18H,2,5-14,16H2,1H3. The summed E-state index contributed by atoms with van der Waals surface area (Å²) in [5, 5.41) is 0. The van der Waals surface area contributed by atoms with Gasteiger partial charge in [0.05, 0.1) is 12.3 Å². The maximum atomic E-state index is 14.1. The lowest BCUT2D eigenvalue weighted by Gasteiger charge is -2.45. The molecule has 9 heteroatoms. The van der Waals surface area contributed by atoms with Crippen LogP contribution in [0, 0.1) is 5.82 Å². The lowest BCUT2D eigenvalue weighted by molar-refractivity contribution is 0.0577. The minimum Gasteiger partial charge on any atom is -0.450 e. The van der Waals surface area contributed by atoms with E-state index in [0.717, 1.165) is 44.3 Å². The van der Waals surface area contributed by atoms with Crippen LogP contribution in [0.25, 0.3) is 0 Å². The number of carbonyl (C=O) groups excluding carboxylic acids is 2. The molecule has 0 radical (unpaired) electrons. The minimum atomic E-state index is -0.731. The summed E-state index contributed by atoms with van der Waals surface area (Å²) in [6.45, 7) is 4.66. The van der Waals surface area contributed by atoms with Gasteiger partial charge in [-0.05, 0) is 69.5 Å². The highest BCUT2D eigenvalue weighted by Gasteiger charge is 2.47. The van der Waals surface area contributed by atoms with Crippen LogP contribution in [0.2, 0.25) is 0 Å². The molecule has 0 atom stereocenters. The van der Waals surface area contributed by atoms with Gasteiger partial charge in [0.25, 0.3) is 0 Å². The Balaban J connectivity index is 1.41. The largest absolute Gasteiger partial charge is 0.450 e. The second kappa shape index (κ2) is 9.60. The summed E-state index contributed by atoms with van der Waals surface area (Å²) in [5.41, 5.74) is 1.17. The van der Waals surface area contributed by atoms with Gasteiger partial charge in [0.15, 0.2) is 0 Å². The molecular formula is C23H31F2N3O4. The molecule has 2 saturated heterocycles. The fourth-order valence-corrected chi connectivity index (χ4v) is 5.38. The summed E-state index contributed by atoms with van der Waals surface area (Å²) in [6, 6.07) is 4.90. The fourth-order valence-electron chi connectivity index (χ4n) is 5.38. The molecule has 0 saturated carbocycles. The Bertz CT molecular complexity index is 837. The van der Waals surface area contributed by atoms with Crippen LogP contribution in [0.5, 0.6) is 0 Å². The normalized spacial score (nSPS) is 21.0. The number of rotatable bonds is 4. The summed E-state index contributed by atoms with van der Waals surface area (Å²) in [6.07, 6.45) is 2.58. The van der Waals surface area contributed by atoms with Gasteiger partial charge in [-0.1, -0.05) is 0 Å². The molecule has 3 heterocycles. The monoisotopic (exact) mass is 451 g/mol. The van der Waals surface area contributed by atoms with Crippen molar-refractivity contribution >= 4 is 17.9 Å². The van der Waals surface area contributed by atoms with Crippen molar-refractivity contribution in [1.29, 1.82) is 0 Å². The van der Waals surface area contributed by atoms with E-state index in [4.69, 9.17) is 9.47 Å². The number of halogens is 2. The third kappa shape index (κ3) is 4.40. The van der Waals surface area contributed by atoms with Crippen molar-refractivity contribution in [3.05, 3.63) is 29.6 Å². The molecule has 2 fully saturated rings. The molecule has 3 aliphatic heterocycles. The number of nitrogens with zero attached hydrogens (tertiary/aromatic N) is 3. The zero-order valence-electron chi connectivity index (χ0n) is 18.5. The van der Waals surface area contributed by atoms with Crippen molar-refractivity contribution in [2.45, 2.75) is 44.1 Å². The van der Waals surface area contributed by atoms with Crippen LogP contribution in [0.1, 0.15) is 38.2 Å². The molecule has 3 aliphatic rings. The van der Waals surface area contributed by atoms with E-state index in [0.29, 0.717) is 38.0 Å². The van der Waals surface area contributed by atoms with E-state index >= 15 is 0 Å². The van der Waals surface area contributed by atoms with Crippen LogP contribution in [-0.2, 0) is 14.9 Å². The second-order valence-corrected chi connectivity index (χ2v) is 8.78. The Kier molecular flexibility index (Phi) is 6.83. The van der Waals surface area contributed by atoms with Gasteiger partial charge >= 0.3 is 12.2 Å². The number of likely N-dealkylation sites (tertiary alicyclic amines) is 2. The quantitative estimate of drug-likeness (QED) is 0.699. The first-order chi connectivity index (χ1) is 15.5. The molecule has 0 aromatic heterocycles. The second-order valence-electron chi connectivity index (χ2n) is 8.78. The number of benzene rings is 1. The molecule has 1 aromatic rings. The molecule has 0 bridgehead atoms. The maximum Gasteiger partial charge on any atom is 0.414 e. The molecule has 32 heavy (non-hydrogen) atoms. The van der Waals surface area contributed by atoms with Crippen LogP contribution in [-0.4, -0.2) is 80.6 Å². The average molecular weight is 452 g/mol. The van der Waals surface area contributed by atoms with Gasteiger partial charge < -0.3 is 19.3 Å². The first kappa shape index (κ1) is 22.8. The van der Waals surface area contributed by atoms with Gasteiger partial charge in [-0.25, -0.2) is 18.4 Å². The van der Waals surface area contributed by atoms with E-state index in [9.17, 15) is 18.4 Å². The highest BCUT2D eigenvalue weighted by Crippen LogP contribution is 2.48. The van der Waals surface area contributed by atoms with Crippen molar-refractivity contribution in [2.24, 2.45) is 0 Å². The SMILES string of the molecule is CCOC(=O)N1CCC(N2CCC3(CC2)CN(C(=O)OCCF)c2ccc(F)cc23)CC1. The van der Waals surface area contributed by atoms with Crippen molar-refractivity contribution in [1.82, 2.24) is 9.80 Å². The predicted octanol–water partition coefficient (Wildman–Crippen LogP) is 3.71. The Labute approximate surface area is 187 Å². The Morgan fingerprint density at radius 2 is 1.81 bits per heavy atom. The molecule has 0 N–H and O–H groups in total. The molecule has 0 unspecified atom stereocenters. The van der Waals surface area contributed by atoms with E-state index in [1.165, 1.54) is 17.0 Å². The lowest BCUT2D eigenvalue weighted by Crippen LogP contribution is -2.52. The summed E-state index contributed by atoms with van der Waals surface area (Å²) in [5.74, 6) is -0.323. The summed E-state index contributed by atoms with van der Waals surface area (Å²) >= 11 is 0. The van der Waals surface area contributed by atoms with Crippen molar-refractivity contribution < 1.29 is 27.8 Å². The van der Waals surface area contributed by atoms with Crippen LogP contribution in [0.3, 0.4) is 0 Å². The number of ether oxygens (including phenoxy) is 2. The molecule has 1 spiro atoms. The van der Waals surface area contributed by atoms with Gasteiger partial charge in [0.1, 0.15) is 19.1 Å². The number of hydrogen-bond acceptors (Lipinski definition) is 5. The highest BCUT2D eigenvalue weighted by molar-refractivity contribution is 5.91. The summed E-state index contributed by atoms with van der Waals surface area (Å²) in [4.78, 5) is 30.2. The van der Waals surface area contributed by atoms with E-state index in [2.05, 4.69) is 4.90 Å². The van der Waals surface area contributed by atoms with Gasteiger partial charge in [-0.15, -0.1) is 0 Å². The number of piperidine rings is 2. The van der Waals surface area contributed by atoms with E-state index in [1.54, 1.807) is 11.0 Å². The van der Waals surface area contributed by atoms with Gasteiger partial charge in [0, 0.05) is 31.1 Å². The van der Waals surface area contributed by atoms with E-state index < -0.39 is 12.8 Å². The first-order valence-corrected chi connectivity index (χ1v) is 11.4. The smallest absolute Gasteiger partial charge is 0.414 e. The highest BCUT2D eigenvalue weighted by atomic mass is 19.1. The Hall–Kier alpha value is -2.42. The predicted molar refractivity (Wildman–Crippen MR) is 115 cm³/mol. The van der Waals surface area contributed by atoms with Crippen LogP contribution in [0.15, 0.2) is 18.2 Å². The van der Waals surface area contributed by atoms with Crippen LogP contribution >= 0.6 is 0 Å². The number of hydrogen-bond donors (Lipinski definition) is 0. The third-order valence-corrected chi connectivity index (χ3v) is 7.07. The number of fused-ring (bicyclic) bond motifs is 2. The van der Waals surface area contributed by atoms with Gasteiger partial charge in [0.2, 0.25) is 0 Å². The average Bonchev–Trinajstić information content (AvgIpc) is 3.11. The fraction of sp³-hybridized carbons (Fsp3) is 0.652. The van der Waals surface area contributed by atoms with Gasteiger partial charge in [-0.2, -0.15) is 0 Å². The number of carbonyl (C=O) groups is 2. The minimum absolute atomic E-state index is 0.243. The third-order valence-electron chi connectivity index (χ3n) is 7.07. The molecule has 0 aliphatic carbocycles. The lowest BCUT2D eigenvalue weighted by atomic mass is 9.74. The number of alkyl halides is 1. The van der Waals surface area contributed by atoms with Crippen molar-refractivity contribution in [3.8, 4) is 0 Å². The molecule has 2 amide bonds. The molecule has 4 rings (SSSR count). The number of anilines is 1. The molecular weight excluding hydrogens is 420 g/mol. The Morgan fingerprint density at radius 3 is 2.47 bits per heavy atom. The molecule has 7 nitrogen and oxygen atoms in total. The van der Waals surface area contributed by atoms with E-state index in [-0.39, 0.29) is 23.9 Å². The zero-order valence-corrected chi connectivity index (χ0v) is 18.5. The van der Waals surface area contributed by atoms with Crippen molar-refractivity contribution in [3.63, 3.8) is 0 Å². The molecule has 1 aromatic carbocycles. The Morgan fingerprint density at radius 1 is 1.09 bits per heavy atom. The van der Waals surface area contributed by atoms with E-state index in [1.807, 2.05) is 6.92 Å². The van der Waals surface area contributed by atoms with Crippen LogP contribution in [0.4, 0.5) is 24.1 Å². The maximum absolute atomic E-state index is 14.1. The van der Waals surface area contributed by atoms with Gasteiger partial charge in [-0.3, -0.25) is 4.90 Å². The van der Waals surface area contributed by atoms with Crippen LogP contribution < -0.4 is 4.90 Å². The topological polar surface area (TPSA) is 62.3 Å². The molecule has 176 valence electrons. The zero-order chi connectivity index (χ0) is 22.7. The summed E-state index contributed by atoms with van der Waals surface area (Å²) < 4.78 is 36.7. The summed E-state index contributed by atoms with van der Waals surface area (Å²) in [7, 11) is 0. The van der Waals surface area contributed by atoms with Crippen molar-refractivity contribution in [2.75, 3.05) is 57.5 Å². The first-order valence-electron chi connectivity index (χ1n) is 11.4.